The molecule has 0 fully saturated rings. The number of fused-ring (bicyclic) bond motifs is 1. The van der Waals surface area contributed by atoms with E-state index in [1.807, 2.05) is 32.0 Å². The van der Waals surface area contributed by atoms with Crippen molar-refractivity contribution in [3.8, 4) is 0 Å². The lowest BCUT2D eigenvalue weighted by atomic mass is 9.85. The summed E-state index contributed by atoms with van der Waals surface area (Å²) in [5.41, 5.74) is 2.57. The van der Waals surface area contributed by atoms with Gasteiger partial charge < -0.3 is 10.1 Å². The van der Waals surface area contributed by atoms with Crippen molar-refractivity contribution < 1.29 is 9.59 Å². The Morgan fingerprint density at radius 1 is 1.35 bits per heavy atom. The lowest BCUT2D eigenvalue weighted by Crippen LogP contribution is -2.26. The third kappa shape index (κ3) is 2.09. The maximum absolute atomic E-state index is 11.8. The highest BCUT2D eigenvalue weighted by Crippen LogP contribution is 2.37. The first-order valence-corrected chi connectivity index (χ1v) is 5.85. The molecule has 1 aliphatic heterocycles. The molecule has 1 amide bonds. The Morgan fingerprint density at radius 3 is 2.71 bits per heavy atom. The highest BCUT2D eigenvalue weighted by Gasteiger charge is 2.38. The topological polar surface area (TPSA) is 46.2 Å². The van der Waals surface area contributed by atoms with Gasteiger partial charge in [-0.15, -0.1) is 0 Å². The average molecular weight is 231 g/mol. The minimum Gasteiger partial charge on any atom is -0.325 e. The highest BCUT2D eigenvalue weighted by molar-refractivity contribution is 6.05. The number of Topliss-reactive ketones (excluding diaryl/α,β-unsaturated/α-hetero) is 1. The van der Waals surface area contributed by atoms with Gasteiger partial charge >= 0.3 is 0 Å². The van der Waals surface area contributed by atoms with Crippen LogP contribution in [0.3, 0.4) is 0 Å². The lowest BCUT2D eigenvalue weighted by molar-refractivity contribution is -0.120. The molecule has 3 nitrogen and oxygen atoms in total. The minimum absolute atomic E-state index is 0.0382. The second-order valence-electron chi connectivity index (χ2n) is 5.16. The number of amides is 1. The molecule has 0 radical (unpaired) electrons. The molecule has 0 saturated carbocycles. The Bertz CT molecular complexity index is 489. The van der Waals surface area contributed by atoms with Crippen molar-refractivity contribution in [1.82, 2.24) is 0 Å². The van der Waals surface area contributed by atoms with E-state index in [0.29, 0.717) is 6.42 Å². The number of anilines is 1. The van der Waals surface area contributed by atoms with Crippen molar-refractivity contribution >= 4 is 17.4 Å². The van der Waals surface area contributed by atoms with E-state index in [1.165, 1.54) is 0 Å². The van der Waals surface area contributed by atoms with Gasteiger partial charge in [0, 0.05) is 12.1 Å². The van der Waals surface area contributed by atoms with Crippen LogP contribution in [0.2, 0.25) is 0 Å². The van der Waals surface area contributed by atoms with E-state index in [-0.39, 0.29) is 11.7 Å². The first-order valence-electron chi connectivity index (χ1n) is 5.85. The van der Waals surface area contributed by atoms with Crippen LogP contribution in [0.4, 0.5) is 5.69 Å². The SMILES string of the molecule is CC(=O)CCc1ccc2c(c1)C(C)(C)C(=O)N2. The first kappa shape index (κ1) is 11.8. The Kier molecular flexibility index (Phi) is 2.77. The van der Waals surface area contributed by atoms with Crippen LogP contribution in [0.25, 0.3) is 0 Å². The molecule has 0 bridgehead atoms. The molecule has 2 rings (SSSR count). The van der Waals surface area contributed by atoms with Crippen LogP contribution < -0.4 is 5.32 Å². The largest absolute Gasteiger partial charge is 0.325 e. The van der Waals surface area contributed by atoms with Gasteiger partial charge in [0.05, 0.1) is 5.41 Å². The van der Waals surface area contributed by atoms with Crippen LogP contribution in [0.1, 0.15) is 38.3 Å². The number of rotatable bonds is 3. The van der Waals surface area contributed by atoms with Crippen molar-refractivity contribution in [1.29, 1.82) is 0 Å². The van der Waals surface area contributed by atoms with Crippen molar-refractivity contribution in [2.45, 2.75) is 39.0 Å². The predicted octanol–water partition coefficient (Wildman–Crippen LogP) is 2.44. The summed E-state index contributed by atoms with van der Waals surface area (Å²) >= 11 is 0. The fraction of sp³-hybridized carbons (Fsp3) is 0.429. The number of hydrogen-bond donors (Lipinski definition) is 1. The van der Waals surface area contributed by atoms with Crippen LogP contribution in [0.15, 0.2) is 18.2 Å². The third-order valence-corrected chi connectivity index (χ3v) is 3.34. The first-order chi connectivity index (χ1) is 7.91. The Morgan fingerprint density at radius 2 is 2.06 bits per heavy atom. The smallest absolute Gasteiger partial charge is 0.234 e. The molecule has 0 aromatic heterocycles. The molecule has 0 spiro atoms. The van der Waals surface area contributed by atoms with E-state index in [1.54, 1.807) is 6.92 Å². The normalized spacial score (nSPS) is 16.5. The van der Waals surface area contributed by atoms with Crippen LogP contribution in [0.5, 0.6) is 0 Å². The van der Waals surface area contributed by atoms with Gasteiger partial charge in [-0.1, -0.05) is 12.1 Å². The van der Waals surface area contributed by atoms with Gasteiger partial charge in [0.25, 0.3) is 0 Å². The van der Waals surface area contributed by atoms with Gasteiger partial charge in [-0.3, -0.25) is 4.79 Å². The number of carbonyl (C=O) groups is 2. The average Bonchev–Trinajstić information content (AvgIpc) is 2.48. The van der Waals surface area contributed by atoms with Gasteiger partial charge in [0.1, 0.15) is 5.78 Å². The van der Waals surface area contributed by atoms with Gasteiger partial charge in [-0.25, -0.2) is 0 Å². The fourth-order valence-electron chi connectivity index (χ4n) is 2.09. The molecule has 1 aromatic carbocycles. The van der Waals surface area contributed by atoms with Crippen LogP contribution >= 0.6 is 0 Å². The summed E-state index contributed by atoms with van der Waals surface area (Å²) in [5.74, 6) is 0.232. The summed E-state index contributed by atoms with van der Waals surface area (Å²) in [6.45, 7) is 5.44. The summed E-state index contributed by atoms with van der Waals surface area (Å²) in [6, 6.07) is 5.94. The zero-order valence-corrected chi connectivity index (χ0v) is 10.5. The van der Waals surface area contributed by atoms with Gasteiger partial charge in [0.15, 0.2) is 0 Å². The molecule has 17 heavy (non-hydrogen) atoms. The van der Waals surface area contributed by atoms with Crippen LogP contribution in [0, 0.1) is 0 Å². The number of ketones is 1. The fourth-order valence-corrected chi connectivity index (χ4v) is 2.09. The highest BCUT2D eigenvalue weighted by atomic mass is 16.2. The summed E-state index contributed by atoms with van der Waals surface area (Å²) in [4.78, 5) is 22.7. The Balaban J connectivity index is 2.29. The number of hydrogen-bond acceptors (Lipinski definition) is 2. The molecule has 1 aliphatic rings. The van der Waals surface area contributed by atoms with E-state index in [0.717, 1.165) is 23.2 Å². The standard InChI is InChI=1S/C14H17NO2/c1-9(16)4-5-10-6-7-12-11(8-10)14(2,3)13(17)15-12/h6-8H,4-5H2,1-3H3,(H,15,17). The van der Waals surface area contributed by atoms with Gasteiger partial charge in [-0.2, -0.15) is 0 Å². The minimum atomic E-state index is -0.471. The van der Waals surface area contributed by atoms with Gasteiger partial charge in [-0.05, 0) is 44.4 Å². The molecule has 3 heteroatoms. The lowest BCUT2D eigenvalue weighted by Gasteiger charge is -2.15. The molecule has 0 unspecified atom stereocenters. The maximum atomic E-state index is 11.8. The number of aryl methyl sites for hydroxylation is 1. The quantitative estimate of drug-likeness (QED) is 0.868. The molecule has 0 aliphatic carbocycles. The maximum Gasteiger partial charge on any atom is 0.234 e. The monoisotopic (exact) mass is 231 g/mol. The summed E-state index contributed by atoms with van der Waals surface area (Å²) in [6.07, 6.45) is 1.30. The number of carbonyl (C=O) groups excluding carboxylic acids is 2. The molecule has 90 valence electrons. The van der Waals surface area contributed by atoms with Crippen molar-refractivity contribution in [2.75, 3.05) is 5.32 Å². The third-order valence-electron chi connectivity index (χ3n) is 3.34. The van der Waals surface area contributed by atoms with E-state index >= 15 is 0 Å². The van der Waals surface area contributed by atoms with E-state index < -0.39 is 5.41 Å². The Labute approximate surface area is 101 Å². The zero-order valence-electron chi connectivity index (χ0n) is 10.5. The molecule has 0 saturated heterocycles. The van der Waals surface area contributed by atoms with Crippen molar-refractivity contribution in [3.05, 3.63) is 29.3 Å². The second-order valence-corrected chi connectivity index (χ2v) is 5.16. The van der Waals surface area contributed by atoms with Crippen LogP contribution in [-0.4, -0.2) is 11.7 Å². The van der Waals surface area contributed by atoms with Crippen molar-refractivity contribution in [3.63, 3.8) is 0 Å². The zero-order chi connectivity index (χ0) is 12.6. The molecular weight excluding hydrogens is 214 g/mol. The van der Waals surface area contributed by atoms with E-state index in [2.05, 4.69) is 5.32 Å². The second kappa shape index (κ2) is 3.99. The van der Waals surface area contributed by atoms with E-state index in [9.17, 15) is 9.59 Å². The molecule has 0 atom stereocenters. The summed E-state index contributed by atoms with van der Waals surface area (Å²) < 4.78 is 0. The molecule has 1 aromatic rings. The number of nitrogens with one attached hydrogen (secondary N) is 1. The van der Waals surface area contributed by atoms with Gasteiger partial charge in [0.2, 0.25) is 5.91 Å². The number of benzene rings is 1. The van der Waals surface area contributed by atoms with E-state index in [4.69, 9.17) is 0 Å². The molecular formula is C14H17NO2. The van der Waals surface area contributed by atoms with Crippen LogP contribution in [-0.2, 0) is 21.4 Å². The predicted molar refractivity (Wildman–Crippen MR) is 67.1 cm³/mol. The van der Waals surface area contributed by atoms with Crippen molar-refractivity contribution in [2.24, 2.45) is 0 Å². The molecule has 1 heterocycles. The molecule has 1 N–H and O–H groups in total. The summed E-state index contributed by atoms with van der Waals surface area (Å²) in [5, 5.41) is 2.87. The Hall–Kier alpha value is -1.64. The summed E-state index contributed by atoms with van der Waals surface area (Å²) in [7, 11) is 0.